The lowest BCUT2D eigenvalue weighted by atomic mass is 10.1. The zero-order valence-electron chi connectivity index (χ0n) is 10.5. The van der Waals surface area contributed by atoms with Gasteiger partial charge in [0.2, 0.25) is 5.91 Å². The molecular formula is C15H16N2O2. The highest BCUT2D eigenvalue weighted by molar-refractivity contribution is 5.94. The third kappa shape index (κ3) is 3.33. The number of carbonyl (C=O) groups excluding carboxylic acids is 1. The van der Waals surface area contributed by atoms with Crippen LogP contribution in [0.1, 0.15) is 21.5 Å². The van der Waals surface area contributed by atoms with Crippen molar-refractivity contribution < 1.29 is 9.53 Å². The van der Waals surface area contributed by atoms with Gasteiger partial charge in [0.25, 0.3) is 0 Å². The van der Waals surface area contributed by atoms with Crippen molar-refractivity contribution in [3.8, 4) is 5.75 Å². The summed E-state index contributed by atoms with van der Waals surface area (Å²) in [5.41, 5.74) is 13.1. The summed E-state index contributed by atoms with van der Waals surface area (Å²) >= 11 is 0. The maximum atomic E-state index is 11.3. The number of hydrogen-bond acceptors (Lipinski definition) is 3. The first kappa shape index (κ1) is 13.1. The van der Waals surface area contributed by atoms with Crippen LogP contribution in [-0.4, -0.2) is 5.91 Å². The summed E-state index contributed by atoms with van der Waals surface area (Å²) in [6, 6.07) is 14.7. The zero-order valence-corrected chi connectivity index (χ0v) is 10.5. The molecule has 19 heavy (non-hydrogen) atoms. The summed E-state index contributed by atoms with van der Waals surface area (Å²) < 4.78 is 5.63. The summed E-state index contributed by atoms with van der Waals surface area (Å²) in [4.78, 5) is 11.3. The highest BCUT2D eigenvalue weighted by Gasteiger charge is 2.07. The summed E-state index contributed by atoms with van der Waals surface area (Å²) in [6.07, 6.45) is 0. The number of amides is 1. The van der Waals surface area contributed by atoms with E-state index in [1.165, 1.54) is 0 Å². The number of carbonyl (C=O) groups is 1. The molecule has 0 spiro atoms. The molecule has 2 aromatic carbocycles. The Kier molecular flexibility index (Phi) is 4.15. The first-order valence-corrected chi connectivity index (χ1v) is 6.00. The van der Waals surface area contributed by atoms with Crippen LogP contribution in [0.4, 0.5) is 0 Å². The Labute approximate surface area is 112 Å². The van der Waals surface area contributed by atoms with Gasteiger partial charge >= 0.3 is 0 Å². The molecule has 4 N–H and O–H groups in total. The number of hydrogen-bond donors (Lipinski definition) is 2. The van der Waals surface area contributed by atoms with Gasteiger partial charge in [-0.15, -0.1) is 0 Å². The quantitative estimate of drug-likeness (QED) is 0.856. The lowest BCUT2D eigenvalue weighted by Crippen LogP contribution is -2.14. The third-order valence-electron chi connectivity index (χ3n) is 2.84. The Morgan fingerprint density at radius 2 is 1.74 bits per heavy atom. The second kappa shape index (κ2) is 6.02. The standard InChI is InChI=1S/C15H16N2O2/c16-9-11-5-7-13(8-6-11)19-10-12-3-1-2-4-14(12)15(17)18/h1-8H,9-10,16H2,(H2,17,18). The van der Waals surface area contributed by atoms with Gasteiger partial charge in [-0.1, -0.05) is 30.3 Å². The van der Waals surface area contributed by atoms with E-state index < -0.39 is 5.91 Å². The van der Waals surface area contributed by atoms with Crippen molar-refractivity contribution in [2.45, 2.75) is 13.2 Å². The monoisotopic (exact) mass is 256 g/mol. The molecule has 2 rings (SSSR count). The highest BCUT2D eigenvalue weighted by Crippen LogP contribution is 2.15. The van der Waals surface area contributed by atoms with Crippen molar-refractivity contribution in [1.29, 1.82) is 0 Å². The van der Waals surface area contributed by atoms with E-state index in [2.05, 4.69) is 0 Å². The van der Waals surface area contributed by atoms with E-state index in [1.807, 2.05) is 36.4 Å². The van der Waals surface area contributed by atoms with Gasteiger partial charge in [-0.3, -0.25) is 4.79 Å². The van der Waals surface area contributed by atoms with Crippen LogP contribution in [0.5, 0.6) is 5.75 Å². The summed E-state index contributed by atoms with van der Waals surface area (Å²) in [7, 11) is 0. The average Bonchev–Trinajstić information content (AvgIpc) is 2.46. The number of benzene rings is 2. The number of primary amides is 1. The Balaban J connectivity index is 2.07. The van der Waals surface area contributed by atoms with Crippen LogP contribution in [0.25, 0.3) is 0 Å². The molecule has 0 fully saturated rings. The van der Waals surface area contributed by atoms with Crippen LogP contribution in [-0.2, 0) is 13.2 Å². The van der Waals surface area contributed by atoms with Gasteiger partial charge in [-0.2, -0.15) is 0 Å². The van der Waals surface area contributed by atoms with Gasteiger partial charge < -0.3 is 16.2 Å². The Bertz CT molecular complexity index is 565. The smallest absolute Gasteiger partial charge is 0.249 e. The molecule has 0 atom stereocenters. The fourth-order valence-corrected chi connectivity index (χ4v) is 1.77. The minimum absolute atomic E-state index is 0.307. The Morgan fingerprint density at radius 1 is 1.05 bits per heavy atom. The van der Waals surface area contributed by atoms with Crippen LogP contribution in [0.2, 0.25) is 0 Å². The molecule has 4 heteroatoms. The lowest BCUT2D eigenvalue weighted by molar-refractivity contribution is 0.0998. The Hall–Kier alpha value is -2.33. The van der Waals surface area contributed by atoms with Crippen LogP contribution in [0.3, 0.4) is 0 Å². The third-order valence-corrected chi connectivity index (χ3v) is 2.84. The molecule has 0 heterocycles. The molecular weight excluding hydrogens is 240 g/mol. The van der Waals surface area contributed by atoms with Gasteiger partial charge in [0.15, 0.2) is 0 Å². The molecule has 0 aromatic heterocycles. The van der Waals surface area contributed by atoms with Crippen molar-refractivity contribution in [3.63, 3.8) is 0 Å². The highest BCUT2D eigenvalue weighted by atomic mass is 16.5. The van der Waals surface area contributed by atoms with E-state index in [1.54, 1.807) is 12.1 Å². The van der Waals surface area contributed by atoms with Crippen molar-refractivity contribution in [3.05, 3.63) is 65.2 Å². The predicted molar refractivity (Wildman–Crippen MR) is 73.6 cm³/mol. The van der Waals surface area contributed by atoms with Crippen LogP contribution in [0.15, 0.2) is 48.5 Å². The summed E-state index contributed by atoms with van der Waals surface area (Å²) in [5, 5.41) is 0. The summed E-state index contributed by atoms with van der Waals surface area (Å²) in [5.74, 6) is 0.286. The van der Waals surface area contributed by atoms with Gasteiger partial charge in [-0.25, -0.2) is 0 Å². The van der Waals surface area contributed by atoms with Gasteiger partial charge in [0, 0.05) is 17.7 Å². The maximum Gasteiger partial charge on any atom is 0.249 e. The first-order chi connectivity index (χ1) is 9.20. The maximum absolute atomic E-state index is 11.3. The fraction of sp³-hybridized carbons (Fsp3) is 0.133. The van der Waals surface area contributed by atoms with E-state index in [0.29, 0.717) is 18.7 Å². The van der Waals surface area contributed by atoms with Crippen LogP contribution >= 0.6 is 0 Å². The minimum atomic E-state index is -0.447. The van der Waals surface area contributed by atoms with Crippen molar-refractivity contribution in [1.82, 2.24) is 0 Å². The van der Waals surface area contributed by atoms with Crippen LogP contribution in [0, 0.1) is 0 Å². The number of nitrogens with two attached hydrogens (primary N) is 2. The first-order valence-electron chi connectivity index (χ1n) is 6.00. The molecule has 0 aliphatic heterocycles. The fourth-order valence-electron chi connectivity index (χ4n) is 1.77. The van der Waals surface area contributed by atoms with E-state index in [0.717, 1.165) is 16.9 Å². The predicted octanol–water partition coefficient (Wildman–Crippen LogP) is 1.82. The van der Waals surface area contributed by atoms with Gasteiger partial charge in [0.1, 0.15) is 12.4 Å². The molecule has 1 amide bonds. The van der Waals surface area contributed by atoms with Crippen molar-refractivity contribution in [2.24, 2.45) is 11.5 Å². The van der Waals surface area contributed by atoms with E-state index >= 15 is 0 Å². The zero-order chi connectivity index (χ0) is 13.7. The molecule has 98 valence electrons. The molecule has 0 saturated carbocycles. The molecule has 0 aliphatic carbocycles. The largest absolute Gasteiger partial charge is 0.489 e. The molecule has 4 nitrogen and oxygen atoms in total. The molecule has 0 radical (unpaired) electrons. The van der Waals surface area contributed by atoms with Crippen LogP contribution < -0.4 is 16.2 Å². The average molecular weight is 256 g/mol. The van der Waals surface area contributed by atoms with E-state index in [9.17, 15) is 4.79 Å². The molecule has 0 aliphatic rings. The van der Waals surface area contributed by atoms with Gasteiger partial charge in [-0.05, 0) is 23.8 Å². The topological polar surface area (TPSA) is 78.3 Å². The van der Waals surface area contributed by atoms with E-state index in [-0.39, 0.29) is 0 Å². The molecule has 0 unspecified atom stereocenters. The molecule has 2 aromatic rings. The number of rotatable bonds is 5. The second-order valence-electron chi connectivity index (χ2n) is 4.16. The normalized spacial score (nSPS) is 10.2. The lowest BCUT2D eigenvalue weighted by Gasteiger charge is -2.09. The number of ether oxygens (including phenoxy) is 1. The minimum Gasteiger partial charge on any atom is -0.489 e. The Morgan fingerprint density at radius 3 is 2.37 bits per heavy atom. The van der Waals surface area contributed by atoms with Gasteiger partial charge in [0.05, 0.1) is 0 Å². The molecule has 0 saturated heterocycles. The SMILES string of the molecule is NCc1ccc(OCc2ccccc2C(N)=O)cc1. The second-order valence-corrected chi connectivity index (χ2v) is 4.16. The van der Waals surface area contributed by atoms with Crippen molar-refractivity contribution in [2.75, 3.05) is 0 Å². The summed E-state index contributed by atoms with van der Waals surface area (Å²) in [6.45, 7) is 0.811. The van der Waals surface area contributed by atoms with Crippen molar-refractivity contribution >= 4 is 5.91 Å². The molecule has 0 bridgehead atoms. The van der Waals surface area contributed by atoms with E-state index in [4.69, 9.17) is 16.2 Å².